The highest BCUT2D eigenvalue weighted by Gasteiger charge is 2.15. The van der Waals surface area contributed by atoms with E-state index >= 15 is 0 Å². The number of rotatable bonds is 1. The number of imidazole rings is 1. The van der Waals surface area contributed by atoms with Crippen LogP contribution in [0.1, 0.15) is 11.1 Å². The van der Waals surface area contributed by atoms with Crippen molar-refractivity contribution < 1.29 is 0 Å². The number of aromatic nitrogens is 3. The van der Waals surface area contributed by atoms with Gasteiger partial charge < -0.3 is 0 Å². The number of para-hydroxylation sites is 2. The quantitative estimate of drug-likeness (QED) is 0.535. The van der Waals surface area contributed by atoms with Gasteiger partial charge in [-0.15, -0.1) is 0 Å². The Morgan fingerprint density at radius 1 is 1.09 bits per heavy atom. The summed E-state index contributed by atoms with van der Waals surface area (Å²) in [7, 11) is 0. The van der Waals surface area contributed by atoms with E-state index in [-0.39, 0.29) is 0 Å². The number of aryl methyl sites for hydroxylation is 1. The monoisotopic (exact) mass is 284 g/mol. The van der Waals surface area contributed by atoms with Crippen molar-refractivity contribution in [2.45, 2.75) is 6.92 Å². The molecule has 2 heterocycles. The zero-order valence-electron chi connectivity index (χ0n) is 12.0. The molecule has 0 saturated carbocycles. The summed E-state index contributed by atoms with van der Waals surface area (Å²) in [5.41, 5.74) is 5.72. The molecule has 0 atom stereocenters. The van der Waals surface area contributed by atoms with Gasteiger partial charge in [0.15, 0.2) is 5.65 Å². The average Bonchev–Trinajstić information content (AvgIpc) is 2.92. The zero-order chi connectivity index (χ0) is 15.1. The van der Waals surface area contributed by atoms with Crippen LogP contribution in [0.15, 0.2) is 54.9 Å². The van der Waals surface area contributed by atoms with Crippen molar-refractivity contribution in [2.24, 2.45) is 0 Å². The van der Waals surface area contributed by atoms with E-state index in [0.29, 0.717) is 16.9 Å². The van der Waals surface area contributed by atoms with E-state index in [4.69, 9.17) is 0 Å². The second-order valence-electron chi connectivity index (χ2n) is 5.24. The van der Waals surface area contributed by atoms with Crippen LogP contribution in [0.25, 0.3) is 27.9 Å². The fourth-order valence-electron chi connectivity index (χ4n) is 2.74. The highest BCUT2D eigenvalue weighted by atomic mass is 15.1. The van der Waals surface area contributed by atoms with E-state index < -0.39 is 0 Å². The van der Waals surface area contributed by atoms with Crippen LogP contribution in [0.4, 0.5) is 0 Å². The summed E-state index contributed by atoms with van der Waals surface area (Å²) in [6, 6.07) is 18.1. The molecule has 0 fully saturated rings. The van der Waals surface area contributed by atoms with Gasteiger partial charge in [-0.2, -0.15) is 5.26 Å². The smallest absolute Gasteiger partial charge is 0.159 e. The van der Waals surface area contributed by atoms with Crippen LogP contribution in [0.3, 0.4) is 0 Å². The largest absolute Gasteiger partial charge is 0.282 e. The fraction of sp³-hybridized carbons (Fsp3) is 0.0556. The third-order valence-corrected chi connectivity index (χ3v) is 3.76. The molecule has 0 saturated heterocycles. The Hall–Kier alpha value is -3.19. The summed E-state index contributed by atoms with van der Waals surface area (Å²) in [6.45, 7) is 2.03. The molecule has 4 heteroatoms. The van der Waals surface area contributed by atoms with Crippen LogP contribution in [-0.2, 0) is 0 Å². The van der Waals surface area contributed by atoms with Crippen LogP contribution in [-0.4, -0.2) is 14.4 Å². The van der Waals surface area contributed by atoms with E-state index in [1.807, 2.05) is 59.9 Å². The average molecular weight is 284 g/mol. The van der Waals surface area contributed by atoms with Crippen molar-refractivity contribution in [1.82, 2.24) is 14.4 Å². The molecule has 0 bridgehead atoms. The van der Waals surface area contributed by atoms with Gasteiger partial charge in [-0.1, -0.05) is 35.9 Å². The molecule has 104 valence electrons. The predicted molar refractivity (Wildman–Crippen MR) is 85.4 cm³/mol. The Bertz CT molecular complexity index is 1050. The summed E-state index contributed by atoms with van der Waals surface area (Å²) >= 11 is 0. The molecule has 0 radical (unpaired) electrons. The predicted octanol–water partition coefficient (Wildman–Crippen LogP) is 3.73. The van der Waals surface area contributed by atoms with Crippen LogP contribution in [0.2, 0.25) is 0 Å². The van der Waals surface area contributed by atoms with Gasteiger partial charge in [-0.3, -0.25) is 4.40 Å². The molecule has 0 spiro atoms. The maximum Gasteiger partial charge on any atom is 0.159 e. The van der Waals surface area contributed by atoms with Crippen LogP contribution in [0.5, 0.6) is 0 Å². The molecule has 0 aliphatic carbocycles. The number of hydrogen-bond donors (Lipinski definition) is 0. The first-order valence-electron chi connectivity index (χ1n) is 7.01. The lowest BCUT2D eigenvalue weighted by molar-refractivity contribution is 1.11. The molecule has 4 aromatic rings. The van der Waals surface area contributed by atoms with Crippen LogP contribution >= 0.6 is 0 Å². The molecular formula is C18H12N4. The van der Waals surface area contributed by atoms with E-state index in [1.54, 1.807) is 6.33 Å². The molecule has 22 heavy (non-hydrogen) atoms. The highest BCUT2D eigenvalue weighted by molar-refractivity contribution is 5.85. The first-order valence-corrected chi connectivity index (χ1v) is 7.01. The maximum atomic E-state index is 9.63. The standard InChI is InChI=1S/C18H12N4/c1-12-5-4-6-13(9-12)17-14(10-19)18-21-15-7-2-3-8-16(15)22(18)11-20-17/h2-9,11H,1H3. The number of fused-ring (bicyclic) bond motifs is 3. The van der Waals surface area contributed by atoms with E-state index in [1.165, 1.54) is 0 Å². The Morgan fingerprint density at radius 3 is 2.77 bits per heavy atom. The first kappa shape index (κ1) is 12.5. The van der Waals surface area contributed by atoms with Crippen molar-refractivity contribution >= 4 is 16.7 Å². The molecule has 0 aliphatic rings. The maximum absolute atomic E-state index is 9.63. The minimum Gasteiger partial charge on any atom is -0.282 e. The van der Waals surface area contributed by atoms with Crippen molar-refractivity contribution in [2.75, 3.05) is 0 Å². The second kappa shape index (κ2) is 4.68. The van der Waals surface area contributed by atoms with Gasteiger partial charge in [0.25, 0.3) is 0 Å². The first-order chi connectivity index (χ1) is 10.8. The van der Waals surface area contributed by atoms with Gasteiger partial charge in [0.1, 0.15) is 18.0 Å². The number of nitrogens with zero attached hydrogens (tertiary/aromatic N) is 4. The minimum atomic E-state index is 0.504. The Morgan fingerprint density at radius 2 is 1.95 bits per heavy atom. The third kappa shape index (κ3) is 1.76. The van der Waals surface area contributed by atoms with Gasteiger partial charge in [0.05, 0.1) is 16.7 Å². The Kier molecular flexibility index (Phi) is 2.67. The lowest BCUT2D eigenvalue weighted by Gasteiger charge is -2.06. The SMILES string of the molecule is Cc1cccc(-c2ncn3c(nc4ccccc43)c2C#N)c1. The molecule has 4 rings (SSSR count). The number of nitriles is 1. The van der Waals surface area contributed by atoms with Crippen molar-refractivity contribution in [3.8, 4) is 17.3 Å². The van der Waals surface area contributed by atoms with Gasteiger partial charge in [-0.05, 0) is 25.1 Å². The summed E-state index contributed by atoms with van der Waals surface area (Å²) in [6.07, 6.45) is 1.74. The molecule has 2 aromatic heterocycles. The third-order valence-electron chi connectivity index (χ3n) is 3.76. The lowest BCUT2D eigenvalue weighted by atomic mass is 10.1. The van der Waals surface area contributed by atoms with Gasteiger partial charge in [0, 0.05) is 5.56 Å². The summed E-state index contributed by atoms with van der Waals surface area (Å²) in [5, 5.41) is 9.63. The van der Waals surface area contributed by atoms with Gasteiger partial charge in [-0.25, -0.2) is 9.97 Å². The molecule has 4 nitrogen and oxygen atoms in total. The number of hydrogen-bond acceptors (Lipinski definition) is 3. The highest BCUT2D eigenvalue weighted by Crippen LogP contribution is 2.26. The summed E-state index contributed by atoms with van der Waals surface area (Å²) < 4.78 is 1.87. The lowest BCUT2D eigenvalue weighted by Crippen LogP contribution is -1.96. The van der Waals surface area contributed by atoms with Crippen molar-refractivity contribution in [3.63, 3.8) is 0 Å². The molecule has 0 N–H and O–H groups in total. The zero-order valence-corrected chi connectivity index (χ0v) is 12.0. The van der Waals surface area contributed by atoms with E-state index in [0.717, 1.165) is 22.2 Å². The van der Waals surface area contributed by atoms with Gasteiger partial charge in [0.2, 0.25) is 0 Å². The molecule has 2 aromatic carbocycles. The topological polar surface area (TPSA) is 54.0 Å². The molecular weight excluding hydrogens is 272 g/mol. The molecule has 0 unspecified atom stereocenters. The summed E-state index contributed by atoms with van der Waals surface area (Å²) in [4.78, 5) is 9.11. The van der Waals surface area contributed by atoms with E-state index in [2.05, 4.69) is 16.0 Å². The second-order valence-corrected chi connectivity index (χ2v) is 5.24. The molecule has 0 amide bonds. The van der Waals surface area contributed by atoms with Crippen LogP contribution in [0, 0.1) is 18.3 Å². The summed E-state index contributed by atoms with van der Waals surface area (Å²) in [5.74, 6) is 0. The number of benzene rings is 2. The normalized spacial score (nSPS) is 10.9. The fourth-order valence-corrected chi connectivity index (χ4v) is 2.74. The Labute approximate surface area is 127 Å². The van der Waals surface area contributed by atoms with Crippen molar-refractivity contribution in [1.29, 1.82) is 5.26 Å². The Balaban J connectivity index is 2.09. The van der Waals surface area contributed by atoms with Crippen molar-refractivity contribution in [3.05, 3.63) is 66.0 Å². The minimum absolute atomic E-state index is 0.504. The van der Waals surface area contributed by atoms with Gasteiger partial charge >= 0.3 is 0 Å². The molecule has 0 aliphatic heterocycles. The van der Waals surface area contributed by atoms with Crippen LogP contribution < -0.4 is 0 Å². The van der Waals surface area contributed by atoms with E-state index in [9.17, 15) is 5.26 Å².